The van der Waals surface area contributed by atoms with Gasteiger partial charge in [0.25, 0.3) is 0 Å². The topological polar surface area (TPSA) is 54.9 Å². The molecule has 0 atom stereocenters. The van der Waals surface area contributed by atoms with E-state index in [2.05, 4.69) is 22.5 Å². The summed E-state index contributed by atoms with van der Waals surface area (Å²) in [6.45, 7) is 8.84. The van der Waals surface area contributed by atoms with Crippen molar-refractivity contribution >= 4 is 29.9 Å². The second kappa shape index (κ2) is 17.5. The van der Waals surface area contributed by atoms with Gasteiger partial charge in [-0.25, -0.2) is 4.39 Å². The van der Waals surface area contributed by atoms with Crippen molar-refractivity contribution in [3.05, 3.63) is 35.6 Å². The number of benzene rings is 1. The zero-order chi connectivity index (χ0) is 18.2. The number of guanidine groups is 1. The van der Waals surface area contributed by atoms with Crippen LogP contribution < -0.4 is 10.6 Å². The molecule has 7 heteroatoms. The maximum Gasteiger partial charge on any atom is 0.191 e. The Labute approximate surface area is 174 Å². The molecular weight excluding hydrogens is 448 g/mol. The number of hydrogen-bond acceptors (Lipinski definition) is 3. The first-order chi connectivity index (χ1) is 12.3. The predicted molar refractivity (Wildman–Crippen MR) is 116 cm³/mol. The molecule has 5 nitrogen and oxygen atoms in total. The van der Waals surface area contributed by atoms with E-state index in [1.54, 1.807) is 12.1 Å². The van der Waals surface area contributed by atoms with Gasteiger partial charge in [0.2, 0.25) is 0 Å². The molecule has 0 radical (unpaired) electrons. The Morgan fingerprint density at radius 2 is 1.85 bits per heavy atom. The highest BCUT2D eigenvalue weighted by Crippen LogP contribution is 2.03. The van der Waals surface area contributed by atoms with Gasteiger partial charge in [-0.15, -0.1) is 24.0 Å². The molecule has 1 rings (SSSR count). The molecule has 0 amide bonds. The third kappa shape index (κ3) is 13.3. The van der Waals surface area contributed by atoms with E-state index in [0.29, 0.717) is 32.9 Å². The number of halogens is 2. The quantitative estimate of drug-likeness (QED) is 0.196. The van der Waals surface area contributed by atoms with E-state index in [-0.39, 0.29) is 29.8 Å². The zero-order valence-electron chi connectivity index (χ0n) is 15.9. The molecule has 0 saturated heterocycles. The van der Waals surface area contributed by atoms with E-state index >= 15 is 0 Å². The van der Waals surface area contributed by atoms with Crippen LogP contribution >= 0.6 is 24.0 Å². The van der Waals surface area contributed by atoms with Crippen molar-refractivity contribution in [1.82, 2.24) is 10.6 Å². The van der Waals surface area contributed by atoms with Gasteiger partial charge < -0.3 is 20.1 Å². The number of rotatable bonds is 13. The fourth-order valence-electron chi connectivity index (χ4n) is 2.15. The third-order valence-electron chi connectivity index (χ3n) is 3.46. The highest BCUT2D eigenvalue weighted by atomic mass is 127. The molecule has 0 aliphatic carbocycles. The van der Waals surface area contributed by atoms with Gasteiger partial charge in [0, 0.05) is 19.7 Å². The summed E-state index contributed by atoms with van der Waals surface area (Å²) in [6, 6.07) is 6.66. The molecule has 0 spiro atoms. The summed E-state index contributed by atoms with van der Waals surface area (Å²) < 4.78 is 24.1. The minimum Gasteiger partial charge on any atom is -0.379 e. The van der Waals surface area contributed by atoms with Gasteiger partial charge >= 0.3 is 0 Å². The summed E-state index contributed by atoms with van der Waals surface area (Å²) in [4.78, 5) is 4.46. The van der Waals surface area contributed by atoms with Crippen molar-refractivity contribution in [1.29, 1.82) is 0 Å². The van der Waals surface area contributed by atoms with Crippen molar-refractivity contribution in [2.45, 2.75) is 33.1 Å². The molecule has 1 aromatic carbocycles. The maximum absolute atomic E-state index is 13.1. The molecule has 0 aromatic heterocycles. The fraction of sp³-hybridized carbons (Fsp3) is 0.632. The largest absolute Gasteiger partial charge is 0.379 e. The van der Waals surface area contributed by atoms with Gasteiger partial charge in [-0.2, -0.15) is 0 Å². The van der Waals surface area contributed by atoms with Gasteiger partial charge in [-0.05, 0) is 37.5 Å². The van der Waals surface area contributed by atoms with E-state index < -0.39 is 0 Å². The van der Waals surface area contributed by atoms with Crippen molar-refractivity contribution in [2.75, 3.05) is 46.1 Å². The smallest absolute Gasteiger partial charge is 0.191 e. The summed E-state index contributed by atoms with van der Waals surface area (Å²) in [5, 5.41) is 6.44. The Kier molecular flexibility index (Phi) is 16.9. The molecule has 0 saturated carbocycles. The minimum atomic E-state index is -0.200. The van der Waals surface area contributed by atoms with Gasteiger partial charge in [0.15, 0.2) is 5.96 Å². The summed E-state index contributed by atoms with van der Waals surface area (Å²) >= 11 is 0. The number of unbranched alkanes of at least 4 members (excludes halogenated alkanes) is 1. The summed E-state index contributed by atoms with van der Waals surface area (Å²) in [5.41, 5.74) is 0.967. The Morgan fingerprint density at radius 1 is 1.08 bits per heavy atom. The average molecular weight is 481 g/mol. The highest BCUT2D eigenvalue weighted by Gasteiger charge is 1.99. The first kappa shape index (κ1) is 25.1. The van der Waals surface area contributed by atoms with E-state index in [9.17, 15) is 4.39 Å². The Hall–Kier alpha value is -0.930. The first-order valence-electron chi connectivity index (χ1n) is 9.18. The van der Waals surface area contributed by atoms with E-state index in [4.69, 9.17) is 9.47 Å². The predicted octanol–water partition coefficient (Wildman–Crippen LogP) is 3.37. The Morgan fingerprint density at radius 3 is 2.54 bits per heavy atom. The number of aliphatic imine (C=N–C) groups is 1. The van der Waals surface area contributed by atoms with Crippen LogP contribution in [0.3, 0.4) is 0 Å². The number of nitrogens with zero attached hydrogens (tertiary/aromatic N) is 1. The van der Waals surface area contributed by atoms with Crippen molar-refractivity contribution in [3.8, 4) is 0 Å². The molecule has 1 aromatic rings. The Balaban J connectivity index is 0.00000625. The highest BCUT2D eigenvalue weighted by molar-refractivity contribution is 14.0. The van der Waals surface area contributed by atoms with Crippen LogP contribution in [0.2, 0.25) is 0 Å². The lowest BCUT2D eigenvalue weighted by atomic mass is 10.1. The maximum atomic E-state index is 13.1. The first-order valence-corrected chi connectivity index (χ1v) is 9.18. The minimum absolute atomic E-state index is 0. The number of hydrogen-bond donors (Lipinski definition) is 2. The Bertz CT molecular complexity index is 490. The van der Waals surface area contributed by atoms with Crippen molar-refractivity contribution < 1.29 is 13.9 Å². The number of nitrogens with one attached hydrogen (secondary N) is 2. The lowest BCUT2D eigenvalue weighted by Crippen LogP contribution is -2.38. The van der Waals surface area contributed by atoms with Gasteiger partial charge in [-0.1, -0.05) is 25.5 Å². The summed E-state index contributed by atoms with van der Waals surface area (Å²) in [5.74, 6) is 0.551. The fourth-order valence-corrected chi connectivity index (χ4v) is 2.15. The van der Waals surface area contributed by atoms with Crippen molar-refractivity contribution in [2.24, 2.45) is 4.99 Å². The SMILES string of the molecule is CCCCOCCOCCN=C(NCC)NCCc1cccc(F)c1.I. The molecule has 26 heavy (non-hydrogen) atoms. The van der Waals surface area contributed by atoms with E-state index in [1.807, 2.05) is 13.0 Å². The second-order valence-electron chi connectivity index (χ2n) is 5.65. The summed E-state index contributed by atoms with van der Waals surface area (Å²) in [6.07, 6.45) is 2.99. The molecule has 0 heterocycles. The molecule has 150 valence electrons. The van der Waals surface area contributed by atoms with Crippen LogP contribution in [-0.4, -0.2) is 52.0 Å². The van der Waals surface area contributed by atoms with Crippen LogP contribution in [0.1, 0.15) is 32.3 Å². The lowest BCUT2D eigenvalue weighted by Gasteiger charge is -2.11. The van der Waals surface area contributed by atoms with E-state index in [1.165, 1.54) is 6.07 Å². The van der Waals surface area contributed by atoms with Gasteiger partial charge in [0.05, 0.1) is 26.4 Å². The van der Waals surface area contributed by atoms with Gasteiger partial charge in [-0.3, -0.25) is 4.99 Å². The zero-order valence-corrected chi connectivity index (χ0v) is 18.3. The molecule has 0 fully saturated rings. The van der Waals surface area contributed by atoms with Crippen LogP contribution in [0.5, 0.6) is 0 Å². The van der Waals surface area contributed by atoms with Crippen LogP contribution in [0, 0.1) is 5.82 Å². The van der Waals surface area contributed by atoms with Crippen LogP contribution in [0.15, 0.2) is 29.3 Å². The number of ether oxygens (including phenoxy) is 2. The third-order valence-corrected chi connectivity index (χ3v) is 3.46. The molecule has 0 aliphatic heterocycles. The monoisotopic (exact) mass is 481 g/mol. The molecule has 0 unspecified atom stereocenters. The molecule has 0 aliphatic rings. The average Bonchev–Trinajstić information content (AvgIpc) is 2.60. The molecule has 2 N–H and O–H groups in total. The lowest BCUT2D eigenvalue weighted by molar-refractivity contribution is 0.0497. The van der Waals surface area contributed by atoms with E-state index in [0.717, 1.165) is 43.9 Å². The molecule has 0 bridgehead atoms. The normalized spacial score (nSPS) is 11.1. The van der Waals surface area contributed by atoms with Crippen LogP contribution in [0.4, 0.5) is 4.39 Å². The van der Waals surface area contributed by atoms with Crippen molar-refractivity contribution in [3.63, 3.8) is 0 Å². The summed E-state index contributed by atoms with van der Waals surface area (Å²) in [7, 11) is 0. The second-order valence-corrected chi connectivity index (χ2v) is 5.65. The van der Waals surface area contributed by atoms with Crippen LogP contribution in [-0.2, 0) is 15.9 Å². The van der Waals surface area contributed by atoms with Gasteiger partial charge in [0.1, 0.15) is 5.82 Å². The molecular formula is C19H33FIN3O2. The standard InChI is InChI=1S/C19H32FN3O2.HI/c1-3-5-12-24-14-15-25-13-11-23-19(21-4-2)22-10-9-17-7-6-8-18(20)16-17;/h6-8,16H,3-5,9-15H2,1-2H3,(H2,21,22,23);1H. The van der Waals surface area contributed by atoms with Crippen LogP contribution in [0.25, 0.3) is 0 Å².